The van der Waals surface area contributed by atoms with Crippen LogP contribution in [0.1, 0.15) is 0 Å². The molecule has 5 heteroatoms. The van der Waals surface area contributed by atoms with E-state index in [9.17, 15) is 4.79 Å². The van der Waals surface area contributed by atoms with E-state index >= 15 is 0 Å². The Hall–Kier alpha value is -1.52. The minimum atomic E-state index is -0.233. The van der Waals surface area contributed by atoms with Crippen LogP contribution in [0.25, 0.3) is 0 Å². The van der Waals surface area contributed by atoms with Crippen LogP contribution in [0, 0.1) is 0 Å². The molecule has 0 heterocycles. The summed E-state index contributed by atoms with van der Waals surface area (Å²) in [5.41, 5.74) is 0.689. The highest BCUT2D eigenvalue weighted by atomic mass is 79.9. The van der Waals surface area contributed by atoms with Gasteiger partial charge in [0.2, 0.25) is 5.91 Å². The summed E-state index contributed by atoms with van der Waals surface area (Å²) in [6.07, 6.45) is 0. The summed E-state index contributed by atoms with van der Waals surface area (Å²) in [5, 5.41) is 2.66. The number of rotatable bonds is 4. The monoisotopic (exact) mass is 339 g/mol. The van der Waals surface area contributed by atoms with E-state index in [1.165, 1.54) is 0 Å². The fourth-order valence-corrected chi connectivity index (χ4v) is 1.77. The Balaban J connectivity index is 2.02. The summed E-state index contributed by atoms with van der Waals surface area (Å²) < 4.78 is 6.66. The van der Waals surface area contributed by atoms with Gasteiger partial charge in [-0.15, -0.1) is 11.6 Å². The van der Waals surface area contributed by atoms with Gasteiger partial charge in [-0.1, -0.05) is 15.9 Å². The van der Waals surface area contributed by atoms with Gasteiger partial charge in [0.25, 0.3) is 0 Å². The first-order chi connectivity index (χ1) is 9.17. The molecule has 0 saturated carbocycles. The lowest BCUT2D eigenvalue weighted by Gasteiger charge is -2.07. The predicted molar refractivity (Wildman–Crippen MR) is 80.0 cm³/mol. The zero-order chi connectivity index (χ0) is 13.7. The molecular weight excluding hydrogens is 330 g/mol. The Labute approximate surface area is 124 Å². The van der Waals surface area contributed by atoms with E-state index in [0.717, 1.165) is 10.2 Å². The number of ether oxygens (including phenoxy) is 1. The molecule has 3 nitrogen and oxygen atoms in total. The summed E-state index contributed by atoms with van der Waals surface area (Å²) in [6, 6.07) is 14.6. The topological polar surface area (TPSA) is 38.3 Å². The normalized spacial score (nSPS) is 10.0. The molecule has 98 valence electrons. The summed E-state index contributed by atoms with van der Waals surface area (Å²) in [6.45, 7) is 0. The highest BCUT2D eigenvalue weighted by Crippen LogP contribution is 2.24. The quantitative estimate of drug-likeness (QED) is 0.837. The van der Waals surface area contributed by atoms with Gasteiger partial charge in [-0.2, -0.15) is 0 Å². The van der Waals surface area contributed by atoms with Gasteiger partial charge in [-0.25, -0.2) is 0 Å². The van der Waals surface area contributed by atoms with Gasteiger partial charge in [0, 0.05) is 10.2 Å². The third-order valence-corrected chi connectivity index (χ3v) is 3.08. The number of hydrogen-bond acceptors (Lipinski definition) is 2. The van der Waals surface area contributed by atoms with Gasteiger partial charge in [0.05, 0.1) is 0 Å². The van der Waals surface area contributed by atoms with Gasteiger partial charge in [0.1, 0.15) is 17.4 Å². The molecule has 0 aliphatic rings. The minimum Gasteiger partial charge on any atom is -0.457 e. The largest absolute Gasteiger partial charge is 0.457 e. The van der Waals surface area contributed by atoms with Gasteiger partial charge in [-0.3, -0.25) is 4.79 Å². The van der Waals surface area contributed by atoms with E-state index in [1.54, 1.807) is 24.3 Å². The van der Waals surface area contributed by atoms with Crippen molar-refractivity contribution in [3.8, 4) is 11.5 Å². The van der Waals surface area contributed by atoms with Crippen molar-refractivity contribution >= 4 is 39.1 Å². The Morgan fingerprint density at radius 3 is 2.11 bits per heavy atom. The van der Waals surface area contributed by atoms with Gasteiger partial charge in [-0.05, 0) is 48.5 Å². The molecule has 0 spiro atoms. The van der Waals surface area contributed by atoms with E-state index in [2.05, 4.69) is 21.2 Å². The first-order valence-electron chi connectivity index (χ1n) is 5.56. The molecule has 1 N–H and O–H groups in total. The number of halogens is 2. The maximum Gasteiger partial charge on any atom is 0.239 e. The van der Waals surface area contributed by atoms with Crippen LogP contribution in [-0.2, 0) is 4.79 Å². The summed E-state index contributed by atoms with van der Waals surface area (Å²) in [7, 11) is 0. The molecular formula is C14H11BrClNO2. The van der Waals surface area contributed by atoms with Crippen molar-refractivity contribution in [2.45, 2.75) is 0 Å². The van der Waals surface area contributed by atoms with E-state index in [1.807, 2.05) is 24.3 Å². The lowest BCUT2D eigenvalue weighted by atomic mass is 10.3. The second-order valence-electron chi connectivity index (χ2n) is 3.76. The molecule has 0 atom stereocenters. The number of carbonyl (C=O) groups excluding carboxylic acids is 1. The number of alkyl halides is 1. The molecule has 19 heavy (non-hydrogen) atoms. The van der Waals surface area contributed by atoms with E-state index in [-0.39, 0.29) is 11.8 Å². The van der Waals surface area contributed by atoms with Gasteiger partial charge in [0.15, 0.2) is 0 Å². The molecule has 1 amide bonds. The molecule has 0 aliphatic heterocycles. The number of hydrogen-bond donors (Lipinski definition) is 1. The lowest BCUT2D eigenvalue weighted by Crippen LogP contribution is -2.12. The predicted octanol–water partition coefficient (Wildman–Crippen LogP) is 4.42. The SMILES string of the molecule is O=C(CCl)Nc1ccc(Oc2ccc(Br)cc2)cc1. The van der Waals surface area contributed by atoms with Crippen LogP contribution in [-0.4, -0.2) is 11.8 Å². The molecule has 2 rings (SSSR count). The maximum absolute atomic E-state index is 11.1. The van der Waals surface area contributed by atoms with Crippen molar-refractivity contribution in [3.63, 3.8) is 0 Å². The highest BCUT2D eigenvalue weighted by Gasteiger charge is 2.01. The highest BCUT2D eigenvalue weighted by molar-refractivity contribution is 9.10. The molecule has 0 fully saturated rings. The van der Waals surface area contributed by atoms with Crippen molar-refractivity contribution < 1.29 is 9.53 Å². The fraction of sp³-hybridized carbons (Fsp3) is 0.0714. The van der Waals surface area contributed by atoms with Crippen molar-refractivity contribution in [2.75, 3.05) is 11.2 Å². The van der Waals surface area contributed by atoms with Crippen LogP contribution >= 0.6 is 27.5 Å². The molecule has 0 unspecified atom stereocenters. The maximum atomic E-state index is 11.1. The number of amides is 1. The number of nitrogens with one attached hydrogen (secondary N) is 1. The molecule has 0 aliphatic carbocycles. The van der Waals surface area contributed by atoms with Crippen LogP contribution in [0.3, 0.4) is 0 Å². The van der Waals surface area contributed by atoms with Crippen LogP contribution in [0.2, 0.25) is 0 Å². The van der Waals surface area contributed by atoms with Crippen LogP contribution in [0.4, 0.5) is 5.69 Å². The molecule has 2 aromatic carbocycles. The van der Waals surface area contributed by atoms with E-state index in [0.29, 0.717) is 11.4 Å². The number of benzene rings is 2. The smallest absolute Gasteiger partial charge is 0.239 e. The zero-order valence-electron chi connectivity index (χ0n) is 9.90. The molecule has 0 aromatic heterocycles. The second kappa shape index (κ2) is 6.59. The summed E-state index contributed by atoms with van der Waals surface area (Å²) >= 11 is 8.78. The van der Waals surface area contributed by atoms with Crippen LogP contribution < -0.4 is 10.1 Å². The molecule has 0 bridgehead atoms. The van der Waals surface area contributed by atoms with E-state index < -0.39 is 0 Å². The zero-order valence-corrected chi connectivity index (χ0v) is 12.2. The Bertz CT molecular complexity index is 555. The second-order valence-corrected chi connectivity index (χ2v) is 4.95. The first-order valence-corrected chi connectivity index (χ1v) is 6.89. The van der Waals surface area contributed by atoms with Crippen LogP contribution in [0.5, 0.6) is 11.5 Å². The summed E-state index contributed by atoms with van der Waals surface area (Å²) in [5.74, 6) is 1.16. The standard InChI is InChI=1S/C14H11BrClNO2/c15-10-1-5-12(6-2-10)19-13-7-3-11(4-8-13)17-14(18)9-16/h1-8H,9H2,(H,17,18). The molecule has 2 aromatic rings. The minimum absolute atomic E-state index is 0.0584. The lowest BCUT2D eigenvalue weighted by molar-refractivity contribution is -0.113. The van der Waals surface area contributed by atoms with E-state index in [4.69, 9.17) is 16.3 Å². The average Bonchev–Trinajstić information content (AvgIpc) is 2.43. The summed E-state index contributed by atoms with van der Waals surface area (Å²) in [4.78, 5) is 11.1. The average molecular weight is 341 g/mol. The Kier molecular flexibility index (Phi) is 4.82. The van der Waals surface area contributed by atoms with Gasteiger partial charge >= 0.3 is 0 Å². The van der Waals surface area contributed by atoms with Crippen molar-refractivity contribution in [1.29, 1.82) is 0 Å². The Morgan fingerprint density at radius 1 is 1.05 bits per heavy atom. The van der Waals surface area contributed by atoms with Crippen molar-refractivity contribution in [1.82, 2.24) is 0 Å². The fourth-order valence-electron chi connectivity index (χ4n) is 1.44. The number of anilines is 1. The Morgan fingerprint density at radius 2 is 1.58 bits per heavy atom. The molecule has 0 radical (unpaired) electrons. The van der Waals surface area contributed by atoms with Crippen molar-refractivity contribution in [3.05, 3.63) is 53.0 Å². The van der Waals surface area contributed by atoms with Crippen molar-refractivity contribution in [2.24, 2.45) is 0 Å². The third-order valence-electron chi connectivity index (χ3n) is 2.31. The molecule has 0 saturated heterocycles. The first kappa shape index (κ1) is 13.9. The third kappa shape index (κ3) is 4.26. The number of carbonyl (C=O) groups is 1. The van der Waals surface area contributed by atoms with Gasteiger partial charge < -0.3 is 10.1 Å². The van der Waals surface area contributed by atoms with Crippen LogP contribution in [0.15, 0.2) is 53.0 Å².